The van der Waals surface area contributed by atoms with E-state index in [9.17, 15) is 4.79 Å². The molecule has 0 aromatic heterocycles. The minimum atomic E-state index is -0.0921. The molecule has 1 amide bonds. The lowest BCUT2D eigenvalue weighted by atomic mass is 10.0. The molecule has 0 aliphatic heterocycles. The number of benzene rings is 1. The zero-order valence-electron chi connectivity index (χ0n) is 16.8. The van der Waals surface area contributed by atoms with Gasteiger partial charge in [0, 0.05) is 11.8 Å². The third-order valence-electron chi connectivity index (χ3n) is 4.59. The molecule has 2 heteroatoms. The number of hydrogen-bond donors (Lipinski definition) is 1. The van der Waals surface area contributed by atoms with Gasteiger partial charge in [0.15, 0.2) is 0 Å². The highest BCUT2D eigenvalue weighted by Crippen LogP contribution is 2.14. The smallest absolute Gasteiger partial charge is 0.248 e. The zero-order valence-corrected chi connectivity index (χ0v) is 16.8. The average molecular weight is 356 g/mol. The topological polar surface area (TPSA) is 29.1 Å². The molecule has 0 aliphatic rings. The zero-order chi connectivity index (χ0) is 18.9. The molecule has 0 saturated carbocycles. The van der Waals surface area contributed by atoms with Crippen molar-refractivity contribution in [2.75, 3.05) is 5.32 Å². The van der Waals surface area contributed by atoms with Crippen molar-refractivity contribution >= 4 is 11.6 Å². The number of allylic oxidation sites excluding steroid dienone is 3. The molecular formula is C24H37NO. The van der Waals surface area contributed by atoms with Crippen LogP contribution >= 0.6 is 0 Å². The molecule has 0 saturated heterocycles. The number of amides is 1. The number of carbonyl (C=O) groups is 1. The van der Waals surface area contributed by atoms with Crippen LogP contribution in [0.4, 0.5) is 5.69 Å². The van der Waals surface area contributed by atoms with Crippen LogP contribution in [0, 0.1) is 0 Å². The second-order valence-electron chi connectivity index (χ2n) is 7.00. The van der Waals surface area contributed by atoms with Crippen LogP contribution in [-0.2, 0) is 11.2 Å². The number of rotatable bonds is 14. The second kappa shape index (κ2) is 15.4. The third kappa shape index (κ3) is 11.7. The highest BCUT2D eigenvalue weighted by atomic mass is 16.1. The summed E-state index contributed by atoms with van der Waals surface area (Å²) in [6.45, 7) is 4.20. The molecule has 26 heavy (non-hydrogen) atoms. The molecule has 2 nitrogen and oxygen atoms in total. The molecule has 144 valence electrons. The number of hydrogen-bond acceptors (Lipinski definition) is 1. The van der Waals surface area contributed by atoms with Crippen LogP contribution in [0.5, 0.6) is 0 Å². The molecule has 0 radical (unpaired) electrons. The summed E-state index contributed by atoms with van der Waals surface area (Å²) in [6, 6.07) is 8.23. The van der Waals surface area contributed by atoms with E-state index in [0.717, 1.165) is 12.1 Å². The van der Waals surface area contributed by atoms with Crippen LogP contribution in [0.15, 0.2) is 48.6 Å². The van der Waals surface area contributed by atoms with Crippen molar-refractivity contribution in [1.29, 1.82) is 0 Å². The van der Waals surface area contributed by atoms with Crippen LogP contribution in [-0.4, -0.2) is 5.91 Å². The van der Waals surface area contributed by atoms with Crippen molar-refractivity contribution in [2.24, 2.45) is 0 Å². The van der Waals surface area contributed by atoms with Gasteiger partial charge < -0.3 is 5.32 Å². The highest BCUT2D eigenvalue weighted by Gasteiger charge is 1.99. The van der Waals surface area contributed by atoms with Gasteiger partial charge in [-0.2, -0.15) is 0 Å². The monoisotopic (exact) mass is 355 g/mol. The fourth-order valence-electron chi connectivity index (χ4n) is 3.01. The Hall–Kier alpha value is -1.83. The standard InChI is InChI=1S/C24H37NO/c1-3-5-7-8-9-10-11-12-13-15-16-22-18-20-23(21-19-22)25-24(26)17-14-6-4-2/h4,6,14,17-21H,3,5,7-13,15-16H2,1-2H3,(H,25,26)/b6-4+,17-14+. The Kier molecular flexibility index (Phi) is 13.2. The first-order chi connectivity index (χ1) is 12.8. The van der Waals surface area contributed by atoms with Crippen LogP contribution in [0.25, 0.3) is 0 Å². The molecule has 1 aromatic rings. The summed E-state index contributed by atoms with van der Waals surface area (Å²) < 4.78 is 0. The Morgan fingerprint density at radius 3 is 2.00 bits per heavy atom. The Balaban J connectivity index is 2.10. The predicted molar refractivity (Wildman–Crippen MR) is 115 cm³/mol. The molecular weight excluding hydrogens is 318 g/mol. The third-order valence-corrected chi connectivity index (χ3v) is 4.59. The molecule has 0 atom stereocenters. The molecule has 0 fully saturated rings. The molecule has 0 aliphatic carbocycles. The van der Waals surface area contributed by atoms with Gasteiger partial charge in [0.1, 0.15) is 0 Å². The van der Waals surface area contributed by atoms with Gasteiger partial charge in [-0.3, -0.25) is 4.79 Å². The van der Waals surface area contributed by atoms with Crippen molar-refractivity contribution < 1.29 is 4.79 Å². The van der Waals surface area contributed by atoms with E-state index in [4.69, 9.17) is 0 Å². The number of anilines is 1. The SMILES string of the molecule is C/C=C/C=C/C(=O)Nc1ccc(CCCCCCCCCCCC)cc1. The van der Waals surface area contributed by atoms with Crippen LogP contribution < -0.4 is 5.32 Å². The summed E-state index contributed by atoms with van der Waals surface area (Å²) in [4.78, 5) is 11.7. The van der Waals surface area contributed by atoms with Gasteiger partial charge in [-0.1, -0.05) is 95.1 Å². The normalized spacial score (nSPS) is 11.5. The number of aryl methyl sites for hydroxylation is 1. The molecule has 0 spiro atoms. The maximum atomic E-state index is 11.7. The minimum Gasteiger partial charge on any atom is -0.323 e. The predicted octanol–water partition coefficient (Wildman–Crippen LogP) is 7.22. The Labute approximate surface area is 160 Å². The van der Waals surface area contributed by atoms with Crippen molar-refractivity contribution in [3.05, 3.63) is 54.1 Å². The largest absolute Gasteiger partial charge is 0.323 e. The number of nitrogens with one attached hydrogen (secondary N) is 1. The molecule has 1 N–H and O–H groups in total. The van der Waals surface area contributed by atoms with Gasteiger partial charge in [0.2, 0.25) is 5.91 Å². The maximum Gasteiger partial charge on any atom is 0.248 e. The molecule has 0 bridgehead atoms. The summed E-state index contributed by atoms with van der Waals surface area (Å²) in [5.74, 6) is -0.0921. The lowest BCUT2D eigenvalue weighted by Crippen LogP contribution is -2.07. The van der Waals surface area contributed by atoms with Crippen LogP contribution in [0.2, 0.25) is 0 Å². The van der Waals surface area contributed by atoms with E-state index >= 15 is 0 Å². The maximum absolute atomic E-state index is 11.7. The van der Waals surface area contributed by atoms with Gasteiger partial charge in [-0.25, -0.2) is 0 Å². The van der Waals surface area contributed by atoms with E-state index in [1.807, 2.05) is 31.2 Å². The Morgan fingerprint density at radius 1 is 0.846 bits per heavy atom. The molecule has 1 aromatic carbocycles. The molecule has 1 rings (SSSR count). The molecule has 0 unspecified atom stereocenters. The average Bonchev–Trinajstić information content (AvgIpc) is 2.65. The summed E-state index contributed by atoms with van der Waals surface area (Å²) in [7, 11) is 0. The summed E-state index contributed by atoms with van der Waals surface area (Å²) >= 11 is 0. The summed E-state index contributed by atoms with van der Waals surface area (Å²) in [5.41, 5.74) is 2.21. The number of carbonyl (C=O) groups excluding carboxylic acids is 1. The van der Waals surface area contributed by atoms with Gasteiger partial charge in [0.25, 0.3) is 0 Å². The van der Waals surface area contributed by atoms with Crippen LogP contribution in [0.3, 0.4) is 0 Å². The Bertz CT molecular complexity index is 528. The van der Waals surface area contributed by atoms with E-state index in [2.05, 4.69) is 24.4 Å². The van der Waals surface area contributed by atoms with E-state index < -0.39 is 0 Å². The lowest BCUT2D eigenvalue weighted by molar-refractivity contribution is -0.111. The van der Waals surface area contributed by atoms with E-state index in [1.54, 1.807) is 6.08 Å². The van der Waals surface area contributed by atoms with Gasteiger partial charge in [-0.05, 0) is 37.5 Å². The number of unbranched alkanes of at least 4 members (excludes halogenated alkanes) is 9. The van der Waals surface area contributed by atoms with E-state index in [-0.39, 0.29) is 5.91 Å². The first-order valence-corrected chi connectivity index (χ1v) is 10.5. The molecule has 0 heterocycles. The first kappa shape index (κ1) is 22.2. The van der Waals surface area contributed by atoms with Crippen molar-refractivity contribution in [3.63, 3.8) is 0 Å². The van der Waals surface area contributed by atoms with E-state index in [1.165, 1.54) is 75.8 Å². The van der Waals surface area contributed by atoms with Crippen molar-refractivity contribution in [3.8, 4) is 0 Å². The summed E-state index contributed by atoms with van der Waals surface area (Å²) in [6.07, 6.45) is 21.9. The quantitative estimate of drug-likeness (QED) is 0.213. The Morgan fingerprint density at radius 2 is 1.42 bits per heavy atom. The minimum absolute atomic E-state index is 0.0921. The lowest BCUT2D eigenvalue weighted by Gasteiger charge is -2.05. The van der Waals surface area contributed by atoms with Gasteiger partial charge in [-0.15, -0.1) is 0 Å². The van der Waals surface area contributed by atoms with Gasteiger partial charge in [0.05, 0.1) is 0 Å². The van der Waals surface area contributed by atoms with Crippen molar-refractivity contribution in [2.45, 2.75) is 84.5 Å². The second-order valence-corrected chi connectivity index (χ2v) is 7.00. The fourth-order valence-corrected chi connectivity index (χ4v) is 3.01. The fraction of sp³-hybridized carbons (Fsp3) is 0.542. The first-order valence-electron chi connectivity index (χ1n) is 10.5. The van der Waals surface area contributed by atoms with Crippen molar-refractivity contribution in [1.82, 2.24) is 0 Å². The highest BCUT2D eigenvalue weighted by molar-refractivity contribution is 5.99. The van der Waals surface area contributed by atoms with Gasteiger partial charge >= 0.3 is 0 Å². The summed E-state index contributed by atoms with van der Waals surface area (Å²) in [5, 5.41) is 2.88. The van der Waals surface area contributed by atoms with E-state index in [0.29, 0.717) is 0 Å². The van der Waals surface area contributed by atoms with Crippen LogP contribution in [0.1, 0.15) is 83.6 Å².